The minimum atomic E-state index is -0.401. The van der Waals surface area contributed by atoms with E-state index in [4.69, 9.17) is 0 Å². The summed E-state index contributed by atoms with van der Waals surface area (Å²) in [5, 5.41) is 2.72. The third-order valence-electron chi connectivity index (χ3n) is 4.60. The second-order valence-electron chi connectivity index (χ2n) is 6.55. The van der Waals surface area contributed by atoms with Gasteiger partial charge in [0, 0.05) is 42.9 Å². The maximum Gasteiger partial charge on any atom is 0.274 e. The molecule has 0 aliphatic carbocycles. The minimum Gasteiger partial charge on any atom is -0.371 e. The van der Waals surface area contributed by atoms with Crippen LogP contribution in [0.25, 0.3) is 5.82 Å². The molecule has 1 fully saturated rings. The largest absolute Gasteiger partial charge is 0.371 e. The molecule has 0 spiro atoms. The van der Waals surface area contributed by atoms with Gasteiger partial charge in [-0.15, -0.1) is 0 Å². The summed E-state index contributed by atoms with van der Waals surface area (Å²) in [6.45, 7) is 1.91. The van der Waals surface area contributed by atoms with Crippen molar-refractivity contribution in [2.45, 2.75) is 19.3 Å². The van der Waals surface area contributed by atoms with Gasteiger partial charge in [-0.3, -0.25) is 9.36 Å². The van der Waals surface area contributed by atoms with Gasteiger partial charge in [-0.2, -0.15) is 0 Å². The van der Waals surface area contributed by atoms with Crippen LogP contribution < -0.4 is 10.2 Å². The molecule has 4 rings (SSSR count). The summed E-state index contributed by atoms with van der Waals surface area (Å²) in [5.74, 6) is -0.150. The molecule has 1 N–H and O–H groups in total. The fraction of sp³-hybridized carbons (Fsp3) is 0.250. The Kier molecular flexibility index (Phi) is 4.82. The van der Waals surface area contributed by atoms with E-state index >= 15 is 0 Å². The third kappa shape index (κ3) is 3.97. The number of nitrogens with zero attached hydrogens (tertiary/aromatic N) is 4. The molecule has 3 aromatic rings. The average Bonchev–Trinajstić information content (AvgIpc) is 3.23. The summed E-state index contributed by atoms with van der Waals surface area (Å²) >= 11 is 0. The van der Waals surface area contributed by atoms with Crippen LogP contribution in [0.15, 0.2) is 55.1 Å². The summed E-state index contributed by atoms with van der Waals surface area (Å²) in [6, 6.07) is 9.57. The summed E-state index contributed by atoms with van der Waals surface area (Å²) in [6.07, 6.45) is 8.60. The number of aromatic nitrogens is 3. The highest BCUT2D eigenvalue weighted by Gasteiger charge is 2.17. The van der Waals surface area contributed by atoms with Crippen LogP contribution in [0.2, 0.25) is 0 Å². The number of piperidine rings is 1. The molecular formula is C20H20FN5O. The van der Waals surface area contributed by atoms with Crippen molar-refractivity contribution in [3.05, 3.63) is 66.6 Å². The van der Waals surface area contributed by atoms with E-state index in [9.17, 15) is 9.18 Å². The summed E-state index contributed by atoms with van der Waals surface area (Å²) < 4.78 is 15.2. The van der Waals surface area contributed by atoms with Crippen LogP contribution in [0.5, 0.6) is 0 Å². The first kappa shape index (κ1) is 17.2. The molecule has 0 bridgehead atoms. The Morgan fingerprint density at radius 2 is 1.96 bits per heavy atom. The summed E-state index contributed by atoms with van der Waals surface area (Å²) in [7, 11) is 0. The van der Waals surface area contributed by atoms with Gasteiger partial charge in [-0.05, 0) is 43.5 Å². The lowest BCUT2D eigenvalue weighted by Gasteiger charge is -2.29. The second-order valence-corrected chi connectivity index (χ2v) is 6.55. The Morgan fingerprint density at radius 1 is 1.11 bits per heavy atom. The normalized spacial score (nSPS) is 14.2. The van der Waals surface area contributed by atoms with Crippen LogP contribution in [0.1, 0.15) is 29.8 Å². The predicted molar refractivity (Wildman–Crippen MR) is 102 cm³/mol. The first-order valence-corrected chi connectivity index (χ1v) is 9.01. The second kappa shape index (κ2) is 7.57. The SMILES string of the molecule is O=C(Nc1cccc(F)c1)c1cc(N2CCCCC2)cc(-n2ccnc2)n1. The number of imidazole rings is 1. The quantitative estimate of drug-likeness (QED) is 0.767. The van der Waals surface area contributed by atoms with E-state index in [1.807, 2.05) is 6.07 Å². The Morgan fingerprint density at radius 3 is 2.70 bits per heavy atom. The van der Waals surface area contributed by atoms with E-state index in [-0.39, 0.29) is 11.6 Å². The van der Waals surface area contributed by atoms with E-state index in [2.05, 4.69) is 20.2 Å². The van der Waals surface area contributed by atoms with E-state index in [0.29, 0.717) is 11.5 Å². The van der Waals surface area contributed by atoms with Crippen LogP contribution in [0.3, 0.4) is 0 Å². The van der Waals surface area contributed by atoms with Crippen molar-refractivity contribution in [1.82, 2.24) is 14.5 Å². The molecule has 0 unspecified atom stereocenters. The van der Waals surface area contributed by atoms with Crippen LogP contribution >= 0.6 is 0 Å². The molecule has 0 saturated carbocycles. The van der Waals surface area contributed by atoms with Gasteiger partial charge in [-0.25, -0.2) is 14.4 Å². The van der Waals surface area contributed by atoms with Crippen molar-refractivity contribution in [1.29, 1.82) is 0 Å². The Hall–Kier alpha value is -3.22. The van der Waals surface area contributed by atoms with Crippen molar-refractivity contribution in [3.8, 4) is 5.82 Å². The van der Waals surface area contributed by atoms with Crippen LogP contribution in [-0.4, -0.2) is 33.5 Å². The van der Waals surface area contributed by atoms with E-state index in [0.717, 1.165) is 31.6 Å². The van der Waals surface area contributed by atoms with Gasteiger partial charge in [0.2, 0.25) is 0 Å². The van der Waals surface area contributed by atoms with Crippen molar-refractivity contribution in [2.75, 3.05) is 23.3 Å². The first-order valence-electron chi connectivity index (χ1n) is 9.01. The molecule has 138 valence electrons. The van der Waals surface area contributed by atoms with Crippen molar-refractivity contribution >= 4 is 17.3 Å². The zero-order valence-electron chi connectivity index (χ0n) is 14.8. The molecule has 0 atom stereocenters. The maximum atomic E-state index is 13.4. The average molecular weight is 365 g/mol. The number of rotatable bonds is 4. The van der Waals surface area contributed by atoms with Gasteiger partial charge in [-0.1, -0.05) is 6.07 Å². The van der Waals surface area contributed by atoms with Crippen molar-refractivity contribution in [3.63, 3.8) is 0 Å². The van der Waals surface area contributed by atoms with Gasteiger partial charge >= 0.3 is 0 Å². The van der Waals surface area contributed by atoms with Crippen molar-refractivity contribution in [2.24, 2.45) is 0 Å². The van der Waals surface area contributed by atoms with E-state index in [1.165, 1.54) is 18.6 Å². The monoisotopic (exact) mass is 365 g/mol. The van der Waals surface area contributed by atoms with E-state index in [1.54, 1.807) is 41.5 Å². The lowest BCUT2D eigenvalue weighted by atomic mass is 10.1. The molecule has 1 aliphatic rings. The number of amides is 1. The van der Waals surface area contributed by atoms with Crippen LogP contribution in [0.4, 0.5) is 15.8 Å². The first-order chi connectivity index (χ1) is 13.2. The predicted octanol–water partition coefficient (Wildman–Crippen LogP) is 3.65. The Balaban J connectivity index is 1.67. The number of carbonyl (C=O) groups excluding carboxylic acids is 1. The van der Waals surface area contributed by atoms with Gasteiger partial charge in [0.05, 0.1) is 0 Å². The number of benzene rings is 1. The number of anilines is 2. The number of halogens is 1. The molecule has 1 amide bonds. The summed E-state index contributed by atoms with van der Waals surface area (Å²) in [5.41, 5.74) is 1.64. The van der Waals surface area contributed by atoms with Crippen molar-refractivity contribution < 1.29 is 9.18 Å². The molecule has 0 radical (unpaired) electrons. The molecule has 3 heterocycles. The molecule has 7 heteroatoms. The van der Waals surface area contributed by atoms with Gasteiger partial charge < -0.3 is 10.2 Å². The number of pyridine rings is 1. The van der Waals surface area contributed by atoms with Gasteiger partial charge in [0.15, 0.2) is 0 Å². The maximum absolute atomic E-state index is 13.4. The Bertz CT molecular complexity index is 935. The topological polar surface area (TPSA) is 63.1 Å². The molecule has 1 aliphatic heterocycles. The number of hydrogen-bond acceptors (Lipinski definition) is 4. The fourth-order valence-corrected chi connectivity index (χ4v) is 3.24. The molecule has 27 heavy (non-hydrogen) atoms. The molecular weight excluding hydrogens is 345 g/mol. The molecule has 6 nitrogen and oxygen atoms in total. The highest BCUT2D eigenvalue weighted by molar-refractivity contribution is 6.03. The Labute approximate surface area is 156 Å². The highest BCUT2D eigenvalue weighted by Crippen LogP contribution is 2.23. The lowest BCUT2D eigenvalue weighted by Crippen LogP contribution is -2.30. The lowest BCUT2D eigenvalue weighted by molar-refractivity contribution is 0.102. The standard InChI is InChI=1S/C20H20FN5O/c21-15-5-4-6-16(11-15)23-20(27)18-12-17(25-8-2-1-3-9-25)13-19(24-18)26-10-7-22-14-26/h4-7,10-14H,1-3,8-9H2,(H,23,27). The number of carbonyl (C=O) groups is 1. The van der Waals surface area contributed by atoms with E-state index < -0.39 is 5.82 Å². The minimum absolute atomic E-state index is 0.283. The number of nitrogens with one attached hydrogen (secondary N) is 1. The zero-order valence-corrected chi connectivity index (χ0v) is 14.8. The molecule has 1 aromatic carbocycles. The number of hydrogen-bond donors (Lipinski definition) is 1. The highest BCUT2D eigenvalue weighted by atomic mass is 19.1. The smallest absolute Gasteiger partial charge is 0.274 e. The molecule has 1 saturated heterocycles. The molecule has 2 aromatic heterocycles. The third-order valence-corrected chi connectivity index (χ3v) is 4.60. The van der Waals surface area contributed by atoms with Crippen LogP contribution in [0, 0.1) is 5.82 Å². The summed E-state index contributed by atoms with van der Waals surface area (Å²) in [4.78, 5) is 23.6. The van der Waals surface area contributed by atoms with Gasteiger partial charge in [0.1, 0.15) is 23.7 Å². The van der Waals surface area contributed by atoms with Crippen LogP contribution in [-0.2, 0) is 0 Å². The fourth-order valence-electron chi connectivity index (χ4n) is 3.24. The van der Waals surface area contributed by atoms with Gasteiger partial charge in [0.25, 0.3) is 5.91 Å². The zero-order chi connectivity index (χ0) is 18.6.